The lowest BCUT2D eigenvalue weighted by Crippen LogP contribution is -1.43. The van der Waals surface area contributed by atoms with Crippen molar-refractivity contribution >= 4 is 23.2 Å². The largest absolute Gasteiger partial charge is 0.109 e. The molecule has 0 spiro atoms. The summed E-state index contributed by atoms with van der Waals surface area (Å²) in [6.45, 7) is 7.50. The van der Waals surface area contributed by atoms with E-state index in [-0.39, 0.29) is 5.34 Å². The predicted molar refractivity (Wildman–Crippen MR) is 37.1 cm³/mol. The Balaban J connectivity index is 0. The highest BCUT2D eigenvalue weighted by molar-refractivity contribution is 6.40. The number of alkyl halides is 2. The van der Waals surface area contributed by atoms with Crippen LogP contribution in [0.2, 0.25) is 0 Å². The minimum atomic E-state index is 0.194. The van der Waals surface area contributed by atoms with Crippen LogP contribution in [0.5, 0.6) is 0 Å². The number of rotatable bonds is 0. The fraction of sp³-hybridized carbons (Fsp3) is 0.600. The molecule has 0 nitrogen and oxygen atoms in total. The maximum absolute atomic E-state index is 4.76. The van der Waals surface area contributed by atoms with E-state index in [1.165, 1.54) is 5.57 Å². The quantitative estimate of drug-likeness (QED) is 0.359. The van der Waals surface area contributed by atoms with E-state index in [4.69, 9.17) is 23.2 Å². The molecule has 0 saturated heterocycles. The fourth-order valence-electron chi connectivity index (χ4n) is 0. The molecule has 44 valence electrons. The molecular formula is C5H10Cl2. The van der Waals surface area contributed by atoms with Crippen LogP contribution in [0.4, 0.5) is 0 Å². The number of halogens is 2. The van der Waals surface area contributed by atoms with E-state index in [0.717, 1.165) is 0 Å². The summed E-state index contributed by atoms with van der Waals surface area (Å²) in [5, 5.41) is 0.194. The summed E-state index contributed by atoms with van der Waals surface area (Å²) in [6, 6.07) is 0. The van der Waals surface area contributed by atoms with Crippen molar-refractivity contribution in [1.82, 2.24) is 0 Å². The van der Waals surface area contributed by atoms with Crippen LogP contribution < -0.4 is 0 Å². The third kappa shape index (κ3) is 1150. The normalized spacial score (nSPS) is 6.29. The lowest BCUT2D eigenvalue weighted by Gasteiger charge is -1.65. The molecule has 0 unspecified atom stereocenters. The van der Waals surface area contributed by atoms with Gasteiger partial charge in [-0.2, -0.15) is 0 Å². The zero-order valence-corrected chi connectivity index (χ0v) is 6.18. The standard InChI is InChI=1S/C4H8.CH2Cl2/c1-4(2)3;2-1-3/h1H2,2-3H3;1H2. The predicted octanol–water partition coefficient (Wildman–Crippen LogP) is 3.00. The monoisotopic (exact) mass is 140 g/mol. The smallest absolute Gasteiger partial charge is 0.0967 e. The molecule has 0 fully saturated rings. The van der Waals surface area contributed by atoms with E-state index in [1.807, 2.05) is 13.8 Å². The summed E-state index contributed by atoms with van der Waals surface area (Å²) in [5.74, 6) is 0. The Kier molecular flexibility index (Phi) is 14.1. The Bertz CT molecular complexity index is 37.3. The van der Waals surface area contributed by atoms with Gasteiger partial charge in [0, 0.05) is 0 Å². The van der Waals surface area contributed by atoms with Gasteiger partial charge in [0.2, 0.25) is 0 Å². The summed E-state index contributed by atoms with van der Waals surface area (Å²) in [7, 11) is 0. The number of hydrogen-bond acceptors (Lipinski definition) is 0. The second kappa shape index (κ2) is 9.58. The highest BCUT2D eigenvalue weighted by Gasteiger charge is 1.51. The summed E-state index contributed by atoms with van der Waals surface area (Å²) < 4.78 is 0. The third-order valence-electron chi connectivity index (χ3n) is 0. The van der Waals surface area contributed by atoms with Crippen LogP contribution in [0.3, 0.4) is 0 Å². The highest BCUT2D eigenvalue weighted by atomic mass is 35.5. The number of allylic oxidation sites excluding steroid dienone is 1. The molecular weight excluding hydrogens is 131 g/mol. The van der Waals surface area contributed by atoms with E-state index in [2.05, 4.69) is 6.58 Å². The van der Waals surface area contributed by atoms with Crippen LogP contribution >= 0.6 is 23.2 Å². The Morgan fingerprint density at radius 2 is 1.43 bits per heavy atom. The molecule has 0 aromatic carbocycles. The maximum atomic E-state index is 4.76. The van der Waals surface area contributed by atoms with Crippen LogP contribution in [0.1, 0.15) is 13.8 Å². The van der Waals surface area contributed by atoms with Crippen LogP contribution in [-0.2, 0) is 0 Å². The van der Waals surface area contributed by atoms with E-state index >= 15 is 0 Å². The molecule has 0 aliphatic carbocycles. The Hall–Kier alpha value is 0.320. The summed E-state index contributed by atoms with van der Waals surface area (Å²) in [6.07, 6.45) is 0. The third-order valence-corrected chi connectivity index (χ3v) is 0. The van der Waals surface area contributed by atoms with Gasteiger partial charge in [-0.15, -0.1) is 29.8 Å². The van der Waals surface area contributed by atoms with E-state index in [1.54, 1.807) is 0 Å². The Morgan fingerprint density at radius 3 is 1.43 bits per heavy atom. The minimum absolute atomic E-state index is 0.194. The molecule has 0 rings (SSSR count). The minimum Gasteiger partial charge on any atom is -0.109 e. The van der Waals surface area contributed by atoms with Crippen molar-refractivity contribution in [2.75, 3.05) is 5.34 Å². The van der Waals surface area contributed by atoms with Crippen molar-refractivity contribution in [2.45, 2.75) is 13.8 Å². The van der Waals surface area contributed by atoms with Crippen molar-refractivity contribution in [1.29, 1.82) is 0 Å². The van der Waals surface area contributed by atoms with Crippen LogP contribution in [-0.4, -0.2) is 5.34 Å². The van der Waals surface area contributed by atoms with Crippen LogP contribution in [0.15, 0.2) is 12.2 Å². The van der Waals surface area contributed by atoms with Gasteiger partial charge >= 0.3 is 0 Å². The van der Waals surface area contributed by atoms with Crippen LogP contribution in [0, 0.1) is 0 Å². The van der Waals surface area contributed by atoms with Crippen molar-refractivity contribution in [3.63, 3.8) is 0 Å². The fourth-order valence-corrected chi connectivity index (χ4v) is 0. The molecule has 0 aliphatic rings. The van der Waals surface area contributed by atoms with Crippen molar-refractivity contribution in [3.8, 4) is 0 Å². The van der Waals surface area contributed by atoms with Crippen molar-refractivity contribution in [3.05, 3.63) is 12.2 Å². The average molecular weight is 141 g/mol. The molecule has 0 bridgehead atoms. The van der Waals surface area contributed by atoms with Gasteiger partial charge in [-0.05, 0) is 13.8 Å². The molecule has 7 heavy (non-hydrogen) atoms. The van der Waals surface area contributed by atoms with Gasteiger partial charge in [-0.25, -0.2) is 0 Å². The second-order valence-electron chi connectivity index (χ2n) is 1.31. The zero-order chi connectivity index (χ0) is 6.28. The first kappa shape index (κ1) is 10.3. The van der Waals surface area contributed by atoms with Crippen LogP contribution in [0.25, 0.3) is 0 Å². The van der Waals surface area contributed by atoms with E-state index in [9.17, 15) is 0 Å². The molecule has 0 N–H and O–H groups in total. The molecule has 0 amide bonds. The molecule has 0 aromatic heterocycles. The van der Waals surface area contributed by atoms with Crippen molar-refractivity contribution in [2.24, 2.45) is 0 Å². The molecule has 0 saturated carbocycles. The van der Waals surface area contributed by atoms with Gasteiger partial charge in [-0.1, -0.05) is 5.57 Å². The number of hydrogen-bond donors (Lipinski definition) is 0. The lowest BCUT2D eigenvalue weighted by molar-refractivity contribution is 1.42. The maximum Gasteiger partial charge on any atom is 0.0967 e. The second-order valence-corrected chi connectivity index (χ2v) is 2.12. The van der Waals surface area contributed by atoms with Gasteiger partial charge in [0.25, 0.3) is 0 Å². The SMILES string of the molecule is C=C(C)C.ClCCl. The Morgan fingerprint density at radius 1 is 1.43 bits per heavy atom. The summed E-state index contributed by atoms with van der Waals surface area (Å²) >= 11 is 9.53. The zero-order valence-electron chi connectivity index (χ0n) is 4.67. The molecule has 0 aromatic rings. The first-order valence-electron chi connectivity index (χ1n) is 1.89. The van der Waals surface area contributed by atoms with Gasteiger partial charge in [-0.3, -0.25) is 0 Å². The van der Waals surface area contributed by atoms with Gasteiger partial charge in [0.1, 0.15) is 0 Å². The molecule has 0 aliphatic heterocycles. The molecule has 0 atom stereocenters. The highest BCUT2D eigenvalue weighted by Crippen LogP contribution is 1.73. The lowest BCUT2D eigenvalue weighted by atomic mass is 10.4. The summed E-state index contributed by atoms with van der Waals surface area (Å²) in [4.78, 5) is 0. The summed E-state index contributed by atoms with van der Waals surface area (Å²) in [5.41, 5.74) is 1.17. The van der Waals surface area contributed by atoms with E-state index in [0.29, 0.717) is 0 Å². The van der Waals surface area contributed by atoms with Gasteiger partial charge in [0.15, 0.2) is 0 Å². The van der Waals surface area contributed by atoms with Gasteiger partial charge < -0.3 is 0 Å². The first-order valence-corrected chi connectivity index (χ1v) is 2.96. The van der Waals surface area contributed by atoms with Gasteiger partial charge in [0.05, 0.1) is 5.34 Å². The first-order chi connectivity index (χ1) is 3.15. The molecule has 0 heterocycles. The molecule has 0 radical (unpaired) electrons. The average Bonchev–Trinajstić information content (AvgIpc) is 1.33. The Labute approximate surface area is 55.1 Å². The molecule has 2 heteroatoms. The van der Waals surface area contributed by atoms with Crippen molar-refractivity contribution < 1.29 is 0 Å². The van der Waals surface area contributed by atoms with E-state index < -0.39 is 0 Å². The topological polar surface area (TPSA) is 0 Å².